The van der Waals surface area contributed by atoms with Crippen LogP contribution in [0.15, 0.2) is 18.2 Å². The van der Waals surface area contributed by atoms with Crippen LogP contribution < -0.4 is 4.74 Å². The molecule has 0 radical (unpaired) electrons. The average molecular weight is 239 g/mol. The summed E-state index contributed by atoms with van der Waals surface area (Å²) in [6, 6.07) is 3.86. The second kappa shape index (κ2) is 5.06. The predicted molar refractivity (Wildman–Crippen MR) is 56.0 cm³/mol. The quantitative estimate of drug-likeness (QED) is 0.462. The first-order valence-electron chi connectivity index (χ1n) is 4.53. The van der Waals surface area contributed by atoms with Crippen molar-refractivity contribution < 1.29 is 24.4 Å². The van der Waals surface area contributed by atoms with Crippen LogP contribution in [0.25, 0.3) is 0 Å². The number of Topliss-reactive ketones (excluding diaryl/α,β-unsaturated/α-hetero) is 1. The van der Waals surface area contributed by atoms with Crippen molar-refractivity contribution >= 4 is 17.4 Å². The number of methoxy groups -OCH3 is 1. The number of carboxylic acid groups (broad SMARTS) is 1. The topological polar surface area (TPSA) is 107 Å². The molecule has 1 aromatic rings. The van der Waals surface area contributed by atoms with Crippen LogP contribution >= 0.6 is 0 Å². The second-order valence-electron chi connectivity index (χ2n) is 3.17. The normalized spacial score (nSPS) is 9.71. The van der Waals surface area contributed by atoms with Crippen molar-refractivity contribution in [2.24, 2.45) is 0 Å². The minimum Gasteiger partial charge on any atom is -0.490 e. The molecule has 0 amide bonds. The van der Waals surface area contributed by atoms with Gasteiger partial charge in [0.2, 0.25) is 5.78 Å². The molecule has 0 aliphatic rings. The van der Waals surface area contributed by atoms with E-state index in [9.17, 15) is 19.7 Å². The van der Waals surface area contributed by atoms with E-state index in [0.29, 0.717) is 0 Å². The average Bonchev–Trinajstić information content (AvgIpc) is 2.28. The van der Waals surface area contributed by atoms with Crippen molar-refractivity contribution in [3.05, 3.63) is 33.9 Å². The van der Waals surface area contributed by atoms with E-state index in [4.69, 9.17) is 9.84 Å². The number of carboxylic acids is 1. The number of nitro benzene ring substituents is 1. The maximum atomic E-state index is 10.9. The molecule has 7 nitrogen and oxygen atoms in total. The third-order valence-electron chi connectivity index (χ3n) is 2.04. The van der Waals surface area contributed by atoms with Gasteiger partial charge in [-0.15, -0.1) is 0 Å². The predicted octanol–water partition coefficient (Wildman–Crippen LogP) is 0.800. The van der Waals surface area contributed by atoms with Crippen molar-refractivity contribution in [1.29, 1.82) is 0 Å². The van der Waals surface area contributed by atoms with Crippen LogP contribution in [0.5, 0.6) is 5.75 Å². The van der Waals surface area contributed by atoms with E-state index < -0.39 is 16.7 Å². The number of ether oxygens (including phenoxy) is 1. The Kier molecular flexibility index (Phi) is 3.76. The van der Waals surface area contributed by atoms with Gasteiger partial charge >= 0.3 is 11.7 Å². The number of carbonyl (C=O) groups excluding carboxylic acids is 1. The van der Waals surface area contributed by atoms with Crippen LogP contribution in [0, 0.1) is 10.1 Å². The SMILES string of the molecule is COc1ccc(CC(=O)C(=O)O)cc1[N+](=O)[O-]. The number of ketones is 1. The van der Waals surface area contributed by atoms with E-state index in [1.807, 2.05) is 0 Å². The Bertz CT molecular complexity index is 482. The fourth-order valence-electron chi connectivity index (χ4n) is 1.25. The summed E-state index contributed by atoms with van der Waals surface area (Å²) in [7, 11) is 1.28. The summed E-state index contributed by atoms with van der Waals surface area (Å²) in [5, 5.41) is 19.1. The Hall–Kier alpha value is -2.44. The first-order chi connectivity index (χ1) is 7.95. The molecule has 17 heavy (non-hydrogen) atoms. The van der Waals surface area contributed by atoms with Crippen molar-refractivity contribution in [1.82, 2.24) is 0 Å². The van der Waals surface area contributed by atoms with Crippen molar-refractivity contribution in [2.75, 3.05) is 7.11 Å². The molecule has 0 heterocycles. The van der Waals surface area contributed by atoms with Gasteiger partial charge in [0.25, 0.3) is 0 Å². The Labute approximate surface area is 95.8 Å². The van der Waals surface area contributed by atoms with Gasteiger partial charge in [-0.1, -0.05) is 6.07 Å². The maximum absolute atomic E-state index is 10.9. The van der Waals surface area contributed by atoms with E-state index in [2.05, 4.69) is 0 Å². The summed E-state index contributed by atoms with van der Waals surface area (Å²) < 4.78 is 4.77. The number of carbonyl (C=O) groups is 2. The van der Waals surface area contributed by atoms with E-state index in [0.717, 1.165) is 6.07 Å². The van der Waals surface area contributed by atoms with Gasteiger partial charge in [-0.25, -0.2) is 4.79 Å². The molecular weight excluding hydrogens is 230 g/mol. The van der Waals surface area contributed by atoms with Crippen molar-refractivity contribution in [2.45, 2.75) is 6.42 Å². The number of aliphatic carboxylic acids is 1. The van der Waals surface area contributed by atoms with E-state index in [1.165, 1.54) is 19.2 Å². The van der Waals surface area contributed by atoms with Crippen LogP contribution in [0.3, 0.4) is 0 Å². The summed E-state index contributed by atoms with van der Waals surface area (Å²) in [6.45, 7) is 0. The number of benzene rings is 1. The molecule has 90 valence electrons. The molecule has 0 saturated carbocycles. The monoisotopic (exact) mass is 239 g/mol. The lowest BCUT2D eigenvalue weighted by Gasteiger charge is -2.03. The lowest BCUT2D eigenvalue weighted by Crippen LogP contribution is -2.15. The fourth-order valence-corrected chi connectivity index (χ4v) is 1.25. The number of nitrogens with zero attached hydrogens (tertiary/aromatic N) is 1. The molecule has 0 aliphatic heterocycles. The van der Waals surface area contributed by atoms with Gasteiger partial charge in [0.05, 0.1) is 12.0 Å². The molecule has 0 aliphatic carbocycles. The van der Waals surface area contributed by atoms with Gasteiger partial charge in [-0.3, -0.25) is 14.9 Å². The van der Waals surface area contributed by atoms with Gasteiger partial charge < -0.3 is 9.84 Å². The van der Waals surface area contributed by atoms with Crippen LogP contribution in [-0.2, 0) is 16.0 Å². The molecule has 1 N–H and O–H groups in total. The van der Waals surface area contributed by atoms with Crippen molar-refractivity contribution in [3.8, 4) is 5.75 Å². The number of nitro groups is 1. The third-order valence-corrected chi connectivity index (χ3v) is 2.04. The highest BCUT2D eigenvalue weighted by Crippen LogP contribution is 2.27. The standard InChI is InChI=1S/C10H9NO6/c1-17-9-3-2-6(4-7(9)11(15)16)5-8(12)10(13)14/h2-4H,5H2,1H3,(H,13,14). The van der Waals surface area contributed by atoms with Crippen LogP contribution in [-0.4, -0.2) is 28.9 Å². The first-order valence-corrected chi connectivity index (χ1v) is 4.53. The second-order valence-corrected chi connectivity index (χ2v) is 3.17. The molecular formula is C10H9NO6. The smallest absolute Gasteiger partial charge is 0.372 e. The highest BCUT2D eigenvalue weighted by molar-refractivity contribution is 6.33. The summed E-state index contributed by atoms with van der Waals surface area (Å²) in [6.07, 6.45) is -0.389. The zero-order valence-corrected chi connectivity index (χ0v) is 8.87. The first kappa shape index (κ1) is 12.6. The summed E-state index contributed by atoms with van der Waals surface area (Å²) in [5.74, 6) is -2.53. The number of hydrogen-bond acceptors (Lipinski definition) is 5. The molecule has 1 rings (SSSR count). The molecule has 7 heteroatoms. The van der Waals surface area contributed by atoms with Gasteiger partial charge in [-0.05, 0) is 11.6 Å². The molecule has 0 spiro atoms. The third kappa shape index (κ3) is 3.00. The van der Waals surface area contributed by atoms with Crippen LogP contribution in [0.4, 0.5) is 5.69 Å². The van der Waals surface area contributed by atoms with Gasteiger partial charge in [0, 0.05) is 12.5 Å². The Balaban J connectivity index is 3.04. The molecule has 0 fully saturated rings. The highest BCUT2D eigenvalue weighted by atomic mass is 16.6. The molecule has 0 unspecified atom stereocenters. The van der Waals surface area contributed by atoms with Gasteiger partial charge in [0.15, 0.2) is 5.75 Å². The lowest BCUT2D eigenvalue weighted by atomic mass is 10.1. The largest absolute Gasteiger partial charge is 0.490 e. The van der Waals surface area contributed by atoms with Gasteiger partial charge in [0.1, 0.15) is 0 Å². The van der Waals surface area contributed by atoms with E-state index in [-0.39, 0.29) is 23.4 Å². The molecule has 1 aromatic carbocycles. The number of rotatable bonds is 5. The zero-order valence-electron chi connectivity index (χ0n) is 8.87. The maximum Gasteiger partial charge on any atom is 0.372 e. The molecule has 0 bridgehead atoms. The van der Waals surface area contributed by atoms with Crippen LogP contribution in [0.1, 0.15) is 5.56 Å². The Morgan fingerprint density at radius 3 is 2.59 bits per heavy atom. The van der Waals surface area contributed by atoms with E-state index >= 15 is 0 Å². The van der Waals surface area contributed by atoms with Crippen LogP contribution in [0.2, 0.25) is 0 Å². The van der Waals surface area contributed by atoms with Crippen molar-refractivity contribution in [3.63, 3.8) is 0 Å². The Morgan fingerprint density at radius 1 is 1.47 bits per heavy atom. The molecule has 0 atom stereocenters. The summed E-state index contributed by atoms with van der Waals surface area (Å²) in [5.41, 5.74) is -0.0481. The lowest BCUT2D eigenvalue weighted by molar-refractivity contribution is -0.385. The number of hydrogen-bond donors (Lipinski definition) is 1. The fraction of sp³-hybridized carbons (Fsp3) is 0.200. The molecule has 0 aromatic heterocycles. The van der Waals surface area contributed by atoms with E-state index in [1.54, 1.807) is 0 Å². The minimum atomic E-state index is -1.57. The highest BCUT2D eigenvalue weighted by Gasteiger charge is 2.18. The molecule has 0 saturated heterocycles. The summed E-state index contributed by atoms with van der Waals surface area (Å²) >= 11 is 0. The Morgan fingerprint density at radius 2 is 2.12 bits per heavy atom. The zero-order chi connectivity index (χ0) is 13.0. The summed E-state index contributed by atoms with van der Waals surface area (Å²) in [4.78, 5) is 31.3. The minimum absolute atomic E-state index is 0.0570. The van der Waals surface area contributed by atoms with Gasteiger partial charge in [-0.2, -0.15) is 0 Å².